The lowest BCUT2D eigenvalue weighted by molar-refractivity contribution is 0.332. The maximum atomic E-state index is 5.32. The van der Waals surface area contributed by atoms with Crippen molar-refractivity contribution < 1.29 is 0 Å². The minimum Gasteiger partial charge on any atom is -0.208 e. The van der Waals surface area contributed by atoms with E-state index in [1.807, 2.05) is 18.2 Å². The molecule has 0 amide bonds. The summed E-state index contributed by atoms with van der Waals surface area (Å²) in [6.07, 6.45) is 2.40. The van der Waals surface area contributed by atoms with Crippen molar-refractivity contribution in [2.24, 2.45) is 0 Å². The SMILES string of the molecule is CC1(C)CCC(C)(C)c2cc(-c3ccc(-c4nc(-c5ccccc5)nc(-c5cccc6c5-c5ccccc5C6(c5ccccc5)c5ccccc5)n4)cc3)ccc21. The van der Waals surface area contributed by atoms with Crippen molar-refractivity contribution in [1.29, 1.82) is 0 Å². The summed E-state index contributed by atoms with van der Waals surface area (Å²) >= 11 is 0. The van der Waals surface area contributed by atoms with E-state index < -0.39 is 5.41 Å². The van der Waals surface area contributed by atoms with Gasteiger partial charge in [0.2, 0.25) is 0 Å². The molecule has 0 atom stereocenters. The molecular formula is C54H45N3. The molecule has 1 aromatic heterocycles. The molecule has 0 radical (unpaired) electrons. The van der Waals surface area contributed by atoms with Crippen LogP contribution in [0, 0.1) is 0 Å². The number of hydrogen-bond donors (Lipinski definition) is 0. The molecule has 2 aliphatic carbocycles. The Labute approximate surface area is 336 Å². The number of aromatic nitrogens is 3. The van der Waals surface area contributed by atoms with Gasteiger partial charge in [-0.2, -0.15) is 0 Å². The largest absolute Gasteiger partial charge is 0.208 e. The molecule has 0 saturated carbocycles. The molecule has 0 saturated heterocycles. The van der Waals surface area contributed by atoms with Crippen LogP contribution < -0.4 is 0 Å². The molecule has 10 rings (SSSR count). The summed E-state index contributed by atoms with van der Waals surface area (Å²) in [6.45, 7) is 9.54. The second kappa shape index (κ2) is 13.3. The lowest BCUT2D eigenvalue weighted by Crippen LogP contribution is -2.33. The zero-order valence-corrected chi connectivity index (χ0v) is 33.0. The molecule has 3 heteroatoms. The Balaban J connectivity index is 1.14. The topological polar surface area (TPSA) is 38.7 Å². The molecule has 8 aromatic rings. The molecule has 57 heavy (non-hydrogen) atoms. The standard InChI is InChI=1S/C54H45N3/c1-52(2)33-34-53(3,4)47-35-39(31-32-45(47)52)36-27-29-38(30-28-36)50-55-49(37-17-8-5-9-18-37)56-51(57-50)43-24-16-26-46-48(43)42-23-14-15-25-44(42)54(46,40-19-10-6-11-20-40)41-21-12-7-13-22-41/h5-32,35H,33-34H2,1-4H3. The number of fused-ring (bicyclic) bond motifs is 4. The molecule has 0 fully saturated rings. The monoisotopic (exact) mass is 735 g/mol. The maximum Gasteiger partial charge on any atom is 0.164 e. The van der Waals surface area contributed by atoms with Gasteiger partial charge in [0.25, 0.3) is 0 Å². The van der Waals surface area contributed by atoms with Gasteiger partial charge in [-0.3, -0.25) is 0 Å². The van der Waals surface area contributed by atoms with Gasteiger partial charge >= 0.3 is 0 Å². The van der Waals surface area contributed by atoms with Gasteiger partial charge < -0.3 is 0 Å². The van der Waals surface area contributed by atoms with Crippen LogP contribution in [-0.2, 0) is 16.2 Å². The third-order valence-corrected chi connectivity index (χ3v) is 12.7. The fourth-order valence-corrected chi connectivity index (χ4v) is 9.60. The average molecular weight is 736 g/mol. The van der Waals surface area contributed by atoms with Gasteiger partial charge in [-0.15, -0.1) is 0 Å². The van der Waals surface area contributed by atoms with Crippen LogP contribution in [-0.4, -0.2) is 15.0 Å². The van der Waals surface area contributed by atoms with Gasteiger partial charge in [0, 0.05) is 16.7 Å². The van der Waals surface area contributed by atoms with Crippen molar-refractivity contribution >= 4 is 0 Å². The molecule has 3 nitrogen and oxygen atoms in total. The Morgan fingerprint density at radius 1 is 0.351 bits per heavy atom. The predicted octanol–water partition coefficient (Wildman–Crippen LogP) is 13.3. The molecule has 1 heterocycles. The quantitative estimate of drug-likeness (QED) is 0.171. The predicted molar refractivity (Wildman–Crippen MR) is 234 cm³/mol. The van der Waals surface area contributed by atoms with Crippen molar-refractivity contribution in [1.82, 2.24) is 15.0 Å². The van der Waals surface area contributed by atoms with Gasteiger partial charge in [-0.1, -0.05) is 204 Å². The Hall–Kier alpha value is -6.45. The molecule has 0 N–H and O–H groups in total. The summed E-state index contributed by atoms with van der Waals surface area (Å²) in [6, 6.07) is 63.4. The molecular weight excluding hydrogens is 691 g/mol. The van der Waals surface area contributed by atoms with E-state index in [1.54, 1.807) is 0 Å². The van der Waals surface area contributed by atoms with Crippen LogP contribution in [0.25, 0.3) is 56.4 Å². The fourth-order valence-electron chi connectivity index (χ4n) is 9.60. The highest BCUT2D eigenvalue weighted by molar-refractivity contribution is 5.94. The maximum absolute atomic E-state index is 5.32. The van der Waals surface area contributed by atoms with E-state index in [0.29, 0.717) is 17.5 Å². The average Bonchev–Trinajstić information content (AvgIpc) is 3.57. The number of nitrogens with zero attached hydrogens (tertiary/aromatic N) is 3. The van der Waals surface area contributed by atoms with E-state index in [0.717, 1.165) is 22.3 Å². The molecule has 7 aromatic carbocycles. The second-order valence-corrected chi connectivity index (χ2v) is 17.0. The van der Waals surface area contributed by atoms with E-state index in [-0.39, 0.29) is 10.8 Å². The number of benzene rings is 7. The molecule has 0 unspecified atom stereocenters. The minimum atomic E-state index is -0.514. The highest BCUT2D eigenvalue weighted by Gasteiger charge is 2.47. The summed E-state index contributed by atoms with van der Waals surface area (Å²) in [5.74, 6) is 1.96. The van der Waals surface area contributed by atoms with Crippen LogP contribution >= 0.6 is 0 Å². The highest BCUT2D eigenvalue weighted by Crippen LogP contribution is 2.58. The first kappa shape index (κ1) is 35.0. The van der Waals surface area contributed by atoms with Gasteiger partial charge in [-0.05, 0) is 79.3 Å². The number of hydrogen-bond acceptors (Lipinski definition) is 3. The third kappa shape index (κ3) is 5.67. The molecule has 0 spiro atoms. The van der Waals surface area contributed by atoms with Gasteiger partial charge in [0.15, 0.2) is 17.5 Å². The van der Waals surface area contributed by atoms with Crippen LogP contribution in [0.1, 0.15) is 73.9 Å². The van der Waals surface area contributed by atoms with E-state index in [2.05, 4.69) is 185 Å². The van der Waals surface area contributed by atoms with E-state index >= 15 is 0 Å². The summed E-state index contributed by atoms with van der Waals surface area (Å²) in [5.41, 5.74) is 15.4. The Kier molecular flexibility index (Phi) is 8.19. The summed E-state index contributed by atoms with van der Waals surface area (Å²) < 4.78 is 0. The Morgan fingerprint density at radius 3 is 1.47 bits per heavy atom. The summed E-state index contributed by atoms with van der Waals surface area (Å²) in [5, 5.41) is 0. The van der Waals surface area contributed by atoms with Gasteiger partial charge in [0.1, 0.15) is 0 Å². The van der Waals surface area contributed by atoms with Crippen molar-refractivity contribution in [2.75, 3.05) is 0 Å². The second-order valence-electron chi connectivity index (χ2n) is 17.0. The normalized spacial score (nSPS) is 15.6. The van der Waals surface area contributed by atoms with Crippen LogP contribution in [0.3, 0.4) is 0 Å². The molecule has 0 aliphatic heterocycles. The van der Waals surface area contributed by atoms with E-state index in [1.165, 1.54) is 62.9 Å². The molecule has 2 aliphatic rings. The lowest BCUT2D eigenvalue weighted by Gasteiger charge is -2.42. The van der Waals surface area contributed by atoms with Crippen LogP contribution in [0.5, 0.6) is 0 Å². The van der Waals surface area contributed by atoms with Crippen LogP contribution in [0.4, 0.5) is 0 Å². The molecule has 0 bridgehead atoms. The first-order valence-electron chi connectivity index (χ1n) is 20.2. The first-order chi connectivity index (χ1) is 27.7. The first-order valence-corrected chi connectivity index (χ1v) is 20.2. The Morgan fingerprint density at radius 2 is 0.825 bits per heavy atom. The van der Waals surface area contributed by atoms with Gasteiger partial charge in [-0.25, -0.2) is 15.0 Å². The zero-order chi connectivity index (χ0) is 38.8. The van der Waals surface area contributed by atoms with Crippen molar-refractivity contribution in [2.45, 2.75) is 56.8 Å². The van der Waals surface area contributed by atoms with E-state index in [9.17, 15) is 0 Å². The van der Waals surface area contributed by atoms with Gasteiger partial charge in [0.05, 0.1) is 5.41 Å². The fraction of sp³-hybridized carbons (Fsp3) is 0.167. The van der Waals surface area contributed by atoms with Crippen molar-refractivity contribution in [3.63, 3.8) is 0 Å². The van der Waals surface area contributed by atoms with Crippen molar-refractivity contribution in [3.05, 3.63) is 209 Å². The highest BCUT2D eigenvalue weighted by atomic mass is 15.0. The van der Waals surface area contributed by atoms with Crippen LogP contribution in [0.15, 0.2) is 176 Å². The lowest BCUT2D eigenvalue weighted by atomic mass is 9.63. The van der Waals surface area contributed by atoms with Crippen molar-refractivity contribution in [3.8, 4) is 56.4 Å². The summed E-state index contributed by atoms with van der Waals surface area (Å²) in [4.78, 5) is 15.7. The Bertz CT molecular complexity index is 2730. The number of rotatable bonds is 6. The van der Waals surface area contributed by atoms with E-state index in [4.69, 9.17) is 15.0 Å². The molecule has 276 valence electrons. The smallest absolute Gasteiger partial charge is 0.164 e. The summed E-state index contributed by atoms with van der Waals surface area (Å²) in [7, 11) is 0. The third-order valence-electron chi connectivity index (χ3n) is 12.7. The zero-order valence-electron chi connectivity index (χ0n) is 33.0. The van der Waals surface area contributed by atoms with Crippen LogP contribution in [0.2, 0.25) is 0 Å². The minimum absolute atomic E-state index is 0.149.